The van der Waals surface area contributed by atoms with Gasteiger partial charge in [0.2, 0.25) is 0 Å². The van der Waals surface area contributed by atoms with E-state index in [0.29, 0.717) is 12.5 Å². The van der Waals surface area contributed by atoms with Crippen molar-refractivity contribution < 1.29 is 9.15 Å². The smallest absolute Gasteiger partial charge is 0.118 e. The maximum atomic E-state index is 5.87. The van der Waals surface area contributed by atoms with Crippen molar-refractivity contribution in [3.05, 3.63) is 35.0 Å². The minimum Gasteiger partial charge on any atom is -0.465 e. The van der Waals surface area contributed by atoms with Crippen LogP contribution in [0.15, 0.2) is 16.5 Å². The number of furan rings is 1. The number of hydrogen-bond donors (Lipinski definition) is 0. The molecule has 0 amide bonds. The number of hydrogen-bond acceptors (Lipinski definition) is 5. The molecule has 2 aliphatic rings. The van der Waals surface area contributed by atoms with Gasteiger partial charge in [-0.25, -0.2) is 4.68 Å². The molecule has 1 fully saturated rings. The third-order valence-corrected chi connectivity index (χ3v) is 5.03. The van der Waals surface area contributed by atoms with Crippen molar-refractivity contribution in [2.24, 2.45) is 5.92 Å². The average molecular weight is 330 g/mol. The highest BCUT2D eigenvalue weighted by Gasteiger charge is 2.33. The second-order valence-electron chi connectivity index (χ2n) is 7.09. The van der Waals surface area contributed by atoms with Crippen molar-refractivity contribution in [2.75, 3.05) is 20.3 Å². The lowest BCUT2D eigenvalue weighted by Gasteiger charge is -2.31. The van der Waals surface area contributed by atoms with Crippen LogP contribution in [0.25, 0.3) is 0 Å². The number of rotatable bonds is 7. The molecule has 130 valence electrons. The molecule has 1 aliphatic carbocycles. The van der Waals surface area contributed by atoms with Gasteiger partial charge in [0.1, 0.15) is 17.2 Å². The molecule has 6 heteroatoms. The topological polar surface area (TPSA) is 56.3 Å². The predicted octanol–water partition coefficient (Wildman–Crippen LogP) is 2.59. The lowest BCUT2D eigenvalue weighted by atomic mass is 9.98. The van der Waals surface area contributed by atoms with Crippen molar-refractivity contribution >= 4 is 0 Å². The molecule has 0 spiro atoms. The molecule has 3 heterocycles. The van der Waals surface area contributed by atoms with Crippen LogP contribution in [0.4, 0.5) is 0 Å². The van der Waals surface area contributed by atoms with Crippen LogP contribution in [0.3, 0.4) is 0 Å². The SMILES string of the molecule is CCc1ccc(CN2Cc3nnn(CC4CC4)c3C(COC)C2)o1. The molecule has 0 aromatic carbocycles. The number of ether oxygens (including phenoxy) is 1. The first kappa shape index (κ1) is 15.8. The third kappa shape index (κ3) is 3.26. The van der Waals surface area contributed by atoms with Crippen molar-refractivity contribution in [1.29, 1.82) is 0 Å². The molecule has 0 N–H and O–H groups in total. The molecule has 0 bridgehead atoms. The summed E-state index contributed by atoms with van der Waals surface area (Å²) in [6.07, 6.45) is 3.59. The van der Waals surface area contributed by atoms with Crippen LogP contribution in [0, 0.1) is 5.92 Å². The number of aryl methyl sites for hydroxylation is 1. The summed E-state index contributed by atoms with van der Waals surface area (Å²) < 4.78 is 13.5. The van der Waals surface area contributed by atoms with Crippen molar-refractivity contribution in [3.63, 3.8) is 0 Å². The average Bonchev–Trinajstić information content (AvgIpc) is 3.12. The first-order valence-electron chi connectivity index (χ1n) is 8.98. The zero-order valence-electron chi connectivity index (χ0n) is 14.6. The zero-order chi connectivity index (χ0) is 16.5. The highest BCUT2D eigenvalue weighted by atomic mass is 16.5. The summed E-state index contributed by atoms with van der Waals surface area (Å²) >= 11 is 0. The van der Waals surface area contributed by atoms with E-state index in [4.69, 9.17) is 9.15 Å². The summed E-state index contributed by atoms with van der Waals surface area (Å²) in [7, 11) is 1.77. The van der Waals surface area contributed by atoms with Crippen LogP contribution in [0.2, 0.25) is 0 Å². The Morgan fingerprint density at radius 2 is 2.12 bits per heavy atom. The number of nitrogens with zero attached hydrogens (tertiary/aromatic N) is 4. The van der Waals surface area contributed by atoms with Gasteiger partial charge in [-0.2, -0.15) is 0 Å². The second-order valence-corrected chi connectivity index (χ2v) is 7.09. The van der Waals surface area contributed by atoms with E-state index in [9.17, 15) is 0 Å². The summed E-state index contributed by atoms with van der Waals surface area (Å²) in [5.41, 5.74) is 2.39. The Labute approximate surface area is 142 Å². The van der Waals surface area contributed by atoms with E-state index in [1.807, 2.05) is 0 Å². The maximum Gasteiger partial charge on any atom is 0.118 e. The summed E-state index contributed by atoms with van der Waals surface area (Å²) in [5.74, 6) is 3.20. The molecule has 1 aliphatic heterocycles. The normalized spacial score (nSPS) is 21.2. The van der Waals surface area contributed by atoms with E-state index in [1.165, 1.54) is 18.5 Å². The molecular formula is C18H26N4O2. The van der Waals surface area contributed by atoms with Gasteiger partial charge in [-0.15, -0.1) is 5.10 Å². The van der Waals surface area contributed by atoms with Gasteiger partial charge in [-0.1, -0.05) is 12.1 Å². The highest BCUT2D eigenvalue weighted by molar-refractivity contribution is 5.20. The Morgan fingerprint density at radius 1 is 1.29 bits per heavy atom. The van der Waals surface area contributed by atoms with E-state index in [1.54, 1.807) is 7.11 Å². The first-order chi connectivity index (χ1) is 11.8. The van der Waals surface area contributed by atoms with Gasteiger partial charge in [-0.3, -0.25) is 4.90 Å². The van der Waals surface area contributed by atoms with Gasteiger partial charge in [0.25, 0.3) is 0 Å². The largest absolute Gasteiger partial charge is 0.465 e. The van der Waals surface area contributed by atoms with Crippen molar-refractivity contribution in [1.82, 2.24) is 19.9 Å². The molecule has 1 unspecified atom stereocenters. The van der Waals surface area contributed by atoms with Gasteiger partial charge in [0.15, 0.2) is 0 Å². The Kier molecular flexibility index (Phi) is 4.41. The van der Waals surface area contributed by atoms with Crippen LogP contribution in [0.1, 0.15) is 48.6 Å². The van der Waals surface area contributed by atoms with Crippen LogP contribution in [-0.2, 0) is 30.8 Å². The fourth-order valence-electron chi connectivity index (χ4n) is 3.64. The Morgan fingerprint density at radius 3 is 2.83 bits per heavy atom. The summed E-state index contributed by atoms with van der Waals surface area (Å²) in [6.45, 7) is 6.45. The number of aromatic nitrogens is 3. The summed E-state index contributed by atoms with van der Waals surface area (Å²) in [6, 6.07) is 4.16. The molecule has 0 radical (unpaired) electrons. The second kappa shape index (κ2) is 6.69. The molecule has 24 heavy (non-hydrogen) atoms. The van der Waals surface area contributed by atoms with Crippen LogP contribution in [-0.4, -0.2) is 40.2 Å². The standard InChI is InChI=1S/C18H26N4O2/c1-3-15-6-7-16(24-15)10-21-9-14(12-23-2)18-17(11-21)19-20-22(18)8-13-4-5-13/h6-7,13-14H,3-5,8-12H2,1-2H3. The molecule has 2 aromatic rings. The minimum atomic E-state index is 0.327. The monoisotopic (exact) mass is 330 g/mol. The fourth-order valence-corrected chi connectivity index (χ4v) is 3.64. The van der Waals surface area contributed by atoms with Crippen LogP contribution in [0.5, 0.6) is 0 Å². The maximum absolute atomic E-state index is 5.87. The van der Waals surface area contributed by atoms with Gasteiger partial charge < -0.3 is 9.15 Å². The van der Waals surface area contributed by atoms with E-state index in [2.05, 4.69) is 39.0 Å². The molecule has 1 atom stereocenters. The van der Waals surface area contributed by atoms with Gasteiger partial charge in [0.05, 0.1) is 18.8 Å². The fraction of sp³-hybridized carbons (Fsp3) is 0.667. The molecule has 2 aromatic heterocycles. The highest BCUT2D eigenvalue weighted by Crippen LogP contribution is 2.34. The van der Waals surface area contributed by atoms with E-state index < -0.39 is 0 Å². The number of fused-ring (bicyclic) bond motifs is 1. The quantitative estimate of drug-likeness (QED) is 0.781. The molecule has 1 saturated carbocycles. The Hall–Kier alpha value is -1.66. The van der Waals surface area contributed by atoms with E-state index >= 15 is 0 Å². The molecule has 4 rings (SSSR count). The van der Waals surface area contributed by atoms with Gasteiger partial charge in [-0.05, 0) is 30.9 Å². The van der Waals surface area contributed by atoms with E-state index in [-0.39, 0.29) is 0 Å². The Bertz CT molecular complexity index is 689. The van der Waals surface area contributed by atoms with Crippen molar-refractivity contribution in [2.45, 2.75) is 51.7 Å². The predicted molar refractivity (Wildman–Crippen MR) is 89.6 cm³/mol. The molecular weight excluding hydrogens is 304 g/mol. The van der Waals surface area contributed by atoms with Crippen LogP contribution < -0.4 is 0 Å². The van der Waals surface area contributed by atoms with E-state index in [0.717, 1.165) is 55.7 Å². The molecule has 6 nitrogen and oxygen atoms in total. The summed E-state index contributed by atoms with van der Waals surface area (Å²) in [5, 5.41) is 8.90. The van der Waals surface area contributed by atoms with Crippen LogP contribution >= 0.6 is 0 Å². The first-order valence-corrected chi connectivity index (χ1v) is 8.98. The Balaban J connectivity index is 1.52. The third-order valence-electron chi connectivity index (χ3n) is 5.03. The molecule has 0 saturated heterocycles. The zero-order valence-corrected chi connectivity index (χ0v) is 14.6. The van der Waals surface area contributed by atoms with Crippen molar-refractivity contribution in [3.8, 4) is 0 Å². The lowest BCUT2D eigenvalue weighted by molar-refractivity contribution is 0.127. The van der Waals surface area contributed by atoms with Gasteiger partial charge in [0, 0.05) is 39.1 Å². The number of methoxy groups -OCH3 is 1. The summed E-state index contributed by atoms with van der Waals surface area (Å²) in [4.78, 5) is 2.39. The lowest BCUT2D eigenvalue weighted by Crippen LogP contribution is -2.36. The minimum absolute atomic E-state index is 0.327. The van der Waals surface area contributed by atoms with Gasteiger partial charge >= 0.3 is 0 Å².